The molecule has 0 saturated heterocycles. The monoisotopic (exact) mass is 369 g/mol. The van der Waals surface area contributed by atoms with Crippen LogP contribution in [0.4, 0.5) is 0 Å². The molecule has 0 aromatic rings. The maximum Gasteiger partial charge on any atom is 0.326 e. The van der Waals surface area contributed by atoms with Gasteiger partial charge in [0, 0.05) is 0 Å². The number of methoxy groups -OCH3 is 1. The number of nitrogens with zero attached hydrogens (tertiary/aromatic N) is 1. The molecule has 26 heavy (non-hydrogen) atoms. The molecule has 0 spiro atoms. The molecule has 5 nitrogen and oxygen atoms in total. The van der Waals surface area contributed by atoms with E-state index in [1.54, 1.807) is 0 Å². The summed E-state index contributed by atoms with van der Waals surface area (Å²) in [4.78, 5) is 23.1. The summed E-state index contributed by atoms with van der Waals surface area (Å²) in [6.07, 6.45) is 2.80. The third-order valence-corrected chi connectivity index (χ3v) is 4.92. The van der Waals surface area contributed by atoms with Crippen LogP contribution in [0.5, 0.6) is 0 Å². The van der Waals surface area contributed by atoms with E-state index in [0.717, 1.165) is 12.8 Å². The molecule has 0 aliphatic carbocycles. The van der Waals surface area contributed by atoms with E-state index < -0.39 is 11.4 Å². The first-order valence-corrected chi connectivity index (χ1v) is 9.68. The molecule has 152 valence electrons. The summed E-state index contributed by atoms with van der Waals surface area (Å²) < 4.78 is 9.72. The van der Waals surface area contributed by atoms with E-state index in [1.165, 1.54) is 7.11 Å². The predicted octanol–water partition coefficient (Wildman–Crippen LogP) is 5.14. The molecule has 0 fully saturated rings. The second-order valence-corrected chi connectivity index (χ2v) is 7.68. The van der Waals surface area contributed by atoms with Crippen LogP contribution in [0.15, 0.2) is 0 Å². The highest BCUT2D eigenvalue weighted by Gasteiger charge is 2.38. The van der Waals surface area contributed by atoms with Gasteiger partial charge in [0.25, 0.3) is 0 Å². The maximum atomic E-state index is 11.8. The van der Waals surface area contributed by atoms with Crippen molar-refractivity contribution in [1.82, 2.24) is 0 Å². The van der Waals surface area contributed by atoms with Gasteiger partial charge in [0.1, 0.15) is 0 Å². The fraction of sp³-hybridized carbons (Fsp3) is 0.857. The van der Waals surface area contributed by atoms with Gasteiger partial charge in [-0.15, -0.1) is 0 Å². The summed E-state index contributed by atoms with van der Waals surface area (Å²) in [7, 11) is 1.32. The fourth-order valence-corrected chi connectivity index (χ4v) is 2.92. The number of hydrogen-bond acceptors (Lipinski definition) is 5. The first-order chi connectivity index (χ1) is 12.0. The number of nitriles is 1. The first-order valence-electron chi connectivity index (χ1n) is 9.68. The summed E-state index contributed by atoms with van der Waals surface area (Å²) >= 11 is 0. The van der Waals surface area contributed by atoms with Crippen LogP contribution >= 0.6 is 0 Å². The molecule has 0 amide bonds. The van der Waals surface area contributed by atoms with Crippen LogP contribution in [0, 0.1) is 34.0 Å². The molecule has 2 unspecified atom stereocenters. The van der Waals surface area contributed by atoms with Crippen molar-refractivity contribution in [1.29, 1.82) is 5.26 Å². The Labute approximate surface area is 160 Å². The fourth-order valence-electron chi connectivity index (χ4n) is 2.92. The zero-order valence-corrected chi connectivity index (χ0v) is 18.3. The zero-order chi connectivity index (χ0) is 21.0. The van der Waals surface area contributed by atoms with E-state index in [1.807, 2.05) is 33.8 Å². The van der Waals surface area contributed by atoms with Crippen LogP contribution in [0.1, 0.15) is 81.1 Å². The van der Waals surface area contributed by atoms with Crippen molar-refractivity contribution in [2.24, 2.45) is 22.7 Å². The van der Waals surface area contributed by atoms with Gasteiger partial charge >= 0.3 is 11.9 Å². The molecule has 0 aliphatic rings. The normalized spacial score (nSPS) is 15.2. The van der Waals surface area contributed by atoms with E-state index in [9.17, 15) is 9.59 Å². The summed E-state index contributed by atoms with van der Waals surface area (Å²) in [5, 5.41) is 8.86. The lowest BCUT2D eigenvalue weighted by Gasteiger charge is -2.32. The van der Waals surface area contributed by atoms with Crippen molar-refractivity contribution < 1.29 is 19.1 Å². The van der Waals surface area contributed by atoms with Crippen LogP contribution in [-0.2, 0) is 19.1 Å². The summed E-state index contributed by atoms with van der Waals surface area (Å²) in [5.41, 5.74) is -1.24. The second kappa shape index (κ2) is 12.7. The van der Waals surface area contributed by atoms with Gasteiger partial charge in [0.15, 0.2) is 5.41 Å². The first kappa shape index (κ1) is 26.7. The summed E-state index contributed by atoms with van der Waals surface area (Å²) in [5.74, 6) is 0.383. The third-order valence-electron chi connectivity index (χ3n) is 4.92. The maximum absolute atomic E-state index is 11.8. The highest BCUT2D eigenvalue weighted by molar-refractivity contribution is 5.79. The average Bonchev–Trinajstić information content (AvgIpc) is 2.59. The molecule has 0 aromatic carbocycles. The Kier molecular flexibility index (Phi) is 13.1. The lowest BCUT2D eigenvalue weighted by Crippen LogP contribution is -2.36. The van der Waals surface area contributed by atoms with Gasteiger partial charge in [-0.1, -0.05) is 48.0 Å². The summed E-state index contributed by atoms with van der Waals surface area (Å²) in [6, 6.07) is 2.04. The van der Waals surface area contributed by atoms with Gasteiger partial charge in [-0.3, -0.25) is 9.59 Å². The van der Waals surface area contributed by atoms with Gasteiger partial charge in [0.2, 0.25) is 0 Å². The largest absolute Gasteiger partial charge is 0.468 e. The Bertz CT molecular complexity index is 467. The minimum Gasteiger partial charge on any atom is -0.468 e. The molecule has 2 atom stereocenters. The van der Waals surface area contributed by atoms with E-state index in [4.69, 9.17) is 10.00 Å². The second-order valence-electron chi connectivity index (χ2n) is 7.68. The van der Waals surface area contributed by atoms with Crippen molar-refractivity contribution in [2.75, 3.05) is 13.7 Å². The third kappa shape index (κ3) is 7.76. The molecule has 0 heterocycles. The molecule has 0 aromatic heterocycles. The van der Waals surface area contributed by atoms with Gasteiger partial charge in [-0.05, 0) is 44.9 Å². The lowest BCUT2D eigenvalue weighted by atomic mass is 9.73. The van der Waals surface area contributed by atoms with Crippen LogP contribution in [0.2, 0.25) is 0 Å². The predicted molar refractivity (Wildman–Crippen MR) is 104 cm³/mol. The van der Waals surface area contributed by atoms with Gasteiger partial charge in [0.05, 0.1) is 25.2 Å². The molecule has 0 radical (unpaired) electrons. The molecule has 0 rings (SSSR count). The highest BCUT2D eigenvalue weighted by atomic mass is 16.5. The lowest BCUT2D eigenvalue weighted by molar-refractivity contribution is -0.158. The SMILES string of the molecule is CCCC(C#N)(CC)C(=O)OC.CCOC(=O)C(C)(CC(C)C)C(C)C. The van der Waals surface area contributed by atoms with Crippen LogP contribution in [-0.4, -0.2) is 25.7 Å². The van der Waals surface area contributed by atoms with E-state index >= 15 is 0 Å². The Morgan fingerprint density at radius 1 is 1.08 bits per heavy atom. The topological polar surface area (TPSA) is 76.4 Å². The van der Waals surface area contributed by atoms with Crippen molar-refractivity contribution in [3.63, 3.8) is 0 Å². The van der Waals surface area contributed by atoms with Crippen molar-refractivity contribution in [3.8, 4) is 6.07 Å². The molecule has 0 aliphatic heterocycles. The Morgan fingerprint density at radius 3 is 1.88 bits per heavy atom. The molecular weight excluding hydrogens is 330 g/mol. The number of carbonyl (C=O) groups excluding carboxylic acids is 2. The quantitative estimate of drug-likeness (QED) is 0.526. The van der Waals surface area contributed by atoms with Crippen molar-refractivity contribution in [3.05, 3.63) is 0 Å². The minimum atomic E-state index is -0.913. The van der Waals surface area contributed by atoms with Crippen LogP contribution in [0.25, 0.3) is 0 Å². The van der Waals surface area contributed by atoms with E-state index in [2.05, 4.69) is 32.4 Å². The van der Waals surface area contributed by atoms with E-state index in [-0.39, 0.29) is 11.4 Å². The van der Waals surface area contributed by atoms with Gasteiger partial charge < -0.3 is 9.47 Å². The Morgan fingerprint density at radius 2 is 1.62 bits per heavy atom. The van der Waals surface area contributed by atoms with Crippen molar-refractivity contribution in [2.45, 2.75) is 81.1 Å². The Balaban J connectivity index is 0. The number of carbonyl (C=O) groups is 2. The zero-order valence-electron chi connectivity index (χ0n) is 18.3. The van der Waals surface area contributed by atoms with Crippen LogP contribution < -0.4 is 0 Å². The number of esters is 2. The number of ether oxygens (including phenoxy) is 2. The Hall–Kier alpha value is -1.57. The average molecular weight is 370 g/mol. The number of hydrogen-bond donors (Lipinski definition) is 0. The van der Waals surface area contributed by atoms with Crippen molar-refractivity contribution >= 4 is 11.9 Å². The standard InChI is InChI=1S/C12H24O2.C9H15NO2/c1-7-14-11(13)12(6,10(4)5)8-9(2)3;1-4-6-9(5-2,7-10)8(11)12-3/h9-10H,7-8H2,1-6H3;4-6H2,1-3H3. The molecule has 5 heteroatoms. The smallest absolute Gasteiger partial charge is 0.326 e. The molecule has 0 bridgehead atoms. The molecule has 0 saturated carbocycles. The van der Waals surface area contributed by atoms with E-state index in [0.29, 0.717) is 31.3 Å². The van der Waals surface area contributed by atoms with Crippen LogP contribution in [0.3, 0.4) is 0 Å². The minimum absolute atomic E-state index is 0.0521. The number of rotatable bonds is 9. The molecular formula is C21H39NO4. The van der Waals surface area contributed by atoms with Gasteiger partial charge in [-0.2, -0.15) is 5.26 Å². The highest BCUT2D eigenvalue weighted by Crippen LogP contribution is 2.35. The van der Waals surface area contributed by atoms with Gasteiger partial charge in [-0.25, -0.2) is 0 Å². The summed E-state index contributed by atoms with van der Waals surface area (Å²) in [6.45, 7) is 16.6. The molecule has 0 N–H and O–H groups in total.